The molecule has 0 heterocycles. The van der Waals surface area contributed by atoms with Gasteiger partial charge in [-0.1, -0.05) is 18.9 Å². The van der Waals surface area contributed by atoms with E-state index in [1.165, 1.54) is 42.4 Å². The van der Waals surface area contributed by atoms with Gasteiger partial charge in [-0.05, 0) is 67.8 Å². The van der Waals surface area contributed by atoms with Crippen LogP contribution in [0.3, 0.4) is 0 Å². The van der Waals surface area contributed by atoms with Gasteiger partial charge in [-0.15, -0.1) is 0 Å². The number of nitrogens with two attached hydrogens (primary N) is 1. The van der Waals surface area contributed by atoms with Crippen molar-refractivity contribution in [1.29, 1.82) is 0 Å². The quantitative estimate of drug-likeness (QED) is 0.885. The first-order valence-electron chi connectivity index (χ1n) is 6.94. The van der Waals surface area contributed by atoms with E-state index >= 15 is 0 Å². The number of methoxy groups -OCH3 is 1. The van der Waals surface area contributed by atoms with Crippen molar-refractivity contribution >= 4 is 0 Å². The molecule has 18 heavy (non-hydrogen) atoms. The fourth-order valence-corrected chi connectivity index (χ4v) is 3.24. The fourth-order valence-electron chi connectivity index (χ4n) is 3.24. The maximum absolute atomic E-state index is 6.04. The van der Waals surface area contributed by atoms with Crippen molar-refractivity contribution in [1.82, 2.24) is 0 Å². The molecule has 0 unspecified atom stereocenters. The van der Waals surface area contributed by atoms with Crippen LogP contribution in [0.5, 0.6) is 5.75 Å². The molecule has 2 rings (SSSR count). The Balaban J connectivity index is 2.26. The van der Waals surface area contributed by atoms with Crippen LogP contribution in [0.15, 0.2) is 12.1 Å². The molecular formula is C16H25NO. The SMILES string of the molecule is COc1cc(C)c(CC2(CN)CCCC2)cc1C. The van der Waals surface area contributed by atoms with E-state index in [0.717, 1.165) is 18.7 Å². The van der Waals surface area contributed by atoms with Crippen LogP contribution < -0.4 is 10.5 Å². The Hall–Kier alpha value is -1.02. The third-order valence-corrected chi connectivity index (χ3v) is 4.52. The van der Waals surface area contributed by atoms with E-state index in [2.05, 4.69) is 26.0 Å². The first-order chi connectivity index (χ1) is 8.60. The first kappa shape index (κ1) is 13.4. The molecular weight excluding hydrogens is 222 g/mol. The molecule has 100 valence electrons. The molecule has 2 heteroatoms. The van der Waals surface area contributed by atoms with Gasteiger partial charge in [0.15, 0.2) is 0 Å². The van der Waals surface area contributed by atoms with Gasteiger partial charge in [-0.2, -0.15) is 0 Å². The fraction of sp³-hybridized carbons (Fsp3) is 0.625. The number of hydrogen-bond donors (Lipinski definition) is 1. The maximum atomic E-state index is 6.04. The highest BCUT2D eigenvalue weighted by Crippen LogP contribution is 2.41. The van der Waals surface area contributed by atoms with Crippen molar-refractivity contribution in [3.8, 4) is 5.75 Å². The lowest BCUT2D eigenvalue weighted by atomic mass is 9.79. The Labute approximate surface area is 111 Å². The lowest BCUT2D eigenvalue weighted by Gasteiger charge is -2.28. The van der Waals surface area contributed by atoms with Gasteiger partial charge in [0.05, 0.1) is 7.11 Å². The van der Waals surface area contributed by atoms with Gasteiger partial charge in [0.1, 0.15) is 5.75 Å². The average Bonchev–Trinajstić information content (AvgIpc) is 2.82. The Morgan fingerprint density at radius 2 is 1.83 bits per heavy atom. The van der Waals surface area contributed by atoms with E-state index in [1.54, 1.807) is 7.11 Å². The lowest BCUT2D eigenvalue weighted by Crippen LogP contribution is -2.30. The van der Waals surface area contributed by atoms with Gasteiger partial charge in [-0.3, -0.25) is 0 Å². The standard InChI is InChI=1S/C16H25NO/c1-12-9-15(18-3)13(2)8-14(12)10-16(11-17)6-4-5-7-16/h8-9H,4-7,10-11,17H2,1-3H3. The van der Waals surface area contributed by atoms with Gasteiger partial charge in [-0.25, -0.2) is 0 Å². The van der Waals surface area contributed by atoms with E-state index in [-0.39, 0.29) is 0 Å². The molecule has 0 bridgehead atoms. The largest absolute Gasteiger partial charge is 0.496 e. The second-order valence-corrected chi connectivity index (χ2v) is 5.84. The minimum atomic E-state index is 0.353. The molecule has 2 nitrogen and oxygen atoms in total. The van der Waals surface area contributed by atoms with Gasteiger partial charge < -0.3 is 10.5 Å². The summed E-state index contributed by atoms with van der Waals surface area (Å²) in [6.07, 6.45) is 6.37. The summed E-state index contributed by atoms with van der Waals surface area (Å²) in [6.45, 7) is 5.11. The van der Waals surface area contributed by atoms with E-state index < -0.39 is 0 Å². The Bertz CT molecular complexity index is 419. The van der Waals surface area contributed by atoms with Gasteiger partial charge in [0.2, 0.25) is 0 Å². The highest BCUT2D eigenvalue weighted by molar-refractivity contribution is 5.42. The molecule has 1 aromatic rings. The smallest absolute Gasteiger partial charge is 0.122 e. The highest BCUT2D eigenvalue weighted by atomic mass is 16.5. The number of aryl methyl sites for hydroxylation is 2. The van der Waals surface area contributed by atoms with Crippen molar-refractivity contribution in [2.24, 2.45) is 11.1 Å². The molecule has 0 radical (unpaired) electrons. The number of benzene rings is 1. The third-order valence-electron chi connectivity index (χ3n) is 4.52. The molecule has 2 N–H and O–H groups in total. The van der Waals surface area contributed by atoms with E-state index in [0.29, 0.717) is 5.41 Å². The minimum Gasteiger partial charge on any atom is -0.496 e. The Kier molecular flexibility index (Phi) is 3.96. The van der Waals surface area contributed by atoms with Gasteiger partial charge in [0, 0.05) is 0 Å². The Morgan fingerprint density at radius 1 is 1.17 bits per heavy atom. The summed E-state index contributed by atoms with van der Waals surface area (Å²) in [4.78, 5) is 0. The maximum Gasteiger partial charge on any atom is 0.122 e. The number of ether oxygens (including phenoxy) is 1. The van der Waals surface area contributed by atoms with E-state index in [9.17, 15) is 0 Å². The second-order valence-electron chi connectivity index (χ2n) is 5.84. The van der Waals surface area contributed by atoms with Gasteiger partial charge >= 0.3 is 0 Å². The molecule has 1 fully saturated rings. The second kappa shape index (κ2) is 5.31. The summed E-state index contributed by atoms with van der Waals surface area (Å²) in [5.41, 5.74) is 10.4. The van der Waals surface area contributed by atoms with Crippen LogP contribution >= 0.6 is 0 Å². The van der Waals surface area contributed by atoms with Crippen LogP contribution in [0.4, 0.5) is 0 Å². The first-order valence-corrected chi connectivity index (χ1v) is 6.94. The van der Waals surface area contributed by atoms with E-state index in [4.69, 9.17) is 10.5 Å². The summed E-state index contributed by atoms with van der Waals surface area (Å²) in [7, 11) is 1.74. The molecule has 0 aliphatic heterocycles. The molecule has 0 saturated heterocycles. The van der Waals surface area contributed by atoms with E-state index in [1.807, 2.05) is 0 Å². The van der Waals surface area contributed by atoms with Crippen molar-refractivity contribution in [3.05, 3.63) is 28.8 Å². The zero-order valence-electron chi connectivity index (χ0n) is 11.9. The lowest BCUT2D eigenvalue weighted by molar-refractivity contribution is 0.306. The summed E-state index contributed by atoms with van der Waals surface area (Å²) in [5, 5.41) is 0. The topological polar surface area (TPSA) is 35.2 Å². The zero-order chi connectivity index (χ0) is 13.2. The van der Waals surface area contributed by atoms with Crippen molar-refractivity contribution < 1.29 is 4.74 Å². The minimum absolute atomic E-state index is 0.353. The van der Waals surface area contributed by atoms with Crippen LogP contribution in [-0.4, -0.2) is 13.7 Å². The predicted octanol–water partition coefficient (Wildman–Crippen LogP) is 3.37. The molecule has 0 aromatic heterocycles. The molecule has 1 aliphatic carbocycles. The molecule has 1 aromatic carbocycles. The van der Waals surface area contributed by atoms with Crippen LogP contribution in [0.1, 0.15) is 42.4 Å². The zero-order valence-corrected chi connectivity index (χ0v) is 11.9. The summed E-state index contributed by atoms with van der Waals surface area (Å²) >= 11 is 0. The van der Waals surface area contributed by atoms with Crippen molar-refractivity contribution in [2.75, 3.05) is 13.7 Å². The van der Waals surface area contributed by atoms with Crippen LogP contribution in [0.25, 0.3) is 0 Å². The molecule has 0 spiro atoms. The summed E-state index contributed by atoms with van der Waals surface area (Å²) < 4.78 is 5.38. The molecule has 0 amide bonds. The number of rotatable bonds is 4. The molecule has 1 saturated carbocycles. The highest BCUT2D eigenvalue weighted by Gasteiger charge is 2.32. The van der Waals surface area contributed by atoms with Crippen LogP contribution in [0.2, 0.25) is 0 Å². The normalized spacial score (nSPS) is 18.0. The summed E-state index contributed by atoms with van der Waals surface area (Å²) in [6, 6.07) is 4.44. The average molecular weight is 247 g/mol. The third kappa shape index (κ3) is 2.54. The number of hydrogen-bond acceptors (Lipinski definition) is 2. The molecule has 1 aliphatic rings. The van der Waals surface area contributed by atoms with Crippen molar-refractivity contribution in [2.45, 2.75) is 46.0 Å². The molecule has 0 atom stereocenters. The Morgan fingerprint density at radius 3 is 2.39 bits per heavy atom. The van der Waals surface area contributed by atoms with Gasteiger partial charge in [0.25, 0.3) is 0 Å². The summed E-state index contributed by atoms with van der Waals surface area (Å²) in [5.74, 6) is 0.990. The van der Waals surface area contributed by atoms with Crippen LogP contribution in [-0.2, 0) is 6.42 Å². The monoisotopic (exact) mass is 247 g/mol. The van der Waals surface area contributed by atoms with Crippen molar-refractivity contribution in [3.63, 3.8) is 0 Å². The van der Waals surface area contributed by atoms with Crippen LogP contribution in [0, 0.1) is 19.3 Å². The predicted molar refractivity (Wildman–Crippen MR) is 76.1 cm³/mol.